The van der Waals surface area contributed by atoms with Crippen molar-refractivity contribution in [1.82, 2.24) is 4.90 Å². The molecule has 0 aromatic heterocycles. The molecule has 0 saturated carbocycles. The summed E-state index contributed by atoms with van der Waals surface area (Å²) in [6.45, 7) is 2.00. The minimum atomic E-state index is -0.00330. The highest BCUT2D eigenvalue weighted by Gasteiger charge is 2.29. The number of carbonyl (C=O) groups excluding carboxylic acids is 1. The van der Waals surface area contributed by atoms with E-state index in [4.69, 9.17) is 5.73 Å². The summed E-state index contributed by atoms with van der Waals surface area (Å²) < 4.78 is 0. The Bertz CT molecular complexity index is 675. The molecule has 2 aromatic rings. The third kappa shape index (κ3) is 4.83. The molecule has 134 valence electrons. The van der Waals surface area contributed by atoms with Crippen molar-refractivity contribution >= 4 is 18.3 Å². The monoisotopic (exact) mass is 358 g/mol. The molecule has 0 saturated heterocycles. The lowest BCUT2D eigenvalue weighted by Crippen LogP contribution is -2.37. The van der Waals surface area contributed by atoms with Crippen LogP contribution in [-0.4, -0.2) is 23.9 Å². The number of halogens is 1. The molecule has 0 aliphatic heterocycles. The normalized spacial score (nSPS) is 15.8. The Balaban J connectivity index is 0.00000225. The second-order valence-corrected chi connectivity index (χ2v) is 6.53. The zero-order valence-corrected chi connectivity index (χ0v) is 15.4. The average molecular weight is 359 g/mol. The van der Waals surface area contributed by atoms with Gasteiger partial charge in [0.2, 0.25) is 5.91 Å². The predicted octanol–water partition coefficient (Wildman–Crippen LogP) is 3.91. The number of aryl methyl sites for hydroxylation is 1. The standard InChI is InChI=1S/C21H26N2O.ClH/c22-14-7-15-23(16-17-8-2-1-3-9-17)21(24)20-13-6-11-18-10-4-5-12-19(18)20;/h1-5,8-10,12,20H,6-7,11,13-16,22H2;1H. The van der Waals surface area contributed by atoms with E-state index in [9.17, 15) is 4.79 Å². The van der Waals surface area contributed by atoms with E-state index in [0.29, 0.717) is 13.1 Å². The van der Waals surface area contributed by atoms with Gasteiger partial charge in [0, 0.05) is 13.1 Å². The Morgan fingerprint density at radius 3 is 2.56 bits per heavy atom. The van der Waals surface area contributed by atoms with Gasteiger partial charge in [-0.05, 0) is 48.9 Å². The van der Waals surface area contributed by atoms with Crippen molar-refractivity contribution in [2.75, 3.05) is 13.1 Å². The van der Waals surface area contributed by atoms with Gasteiger partial charge in [0.05, 0.1) is 5.92 Å². The summed E-state index contributed by atoms with van der Waals surface area (Å²) in [7, 11) is 0. The van der Waals surface area contributed by atoms with E-state index >= 15 is 0 Å². The predicted molar refractivity (Wildman–Crippen MR) is 105 cm³/mol. The number of rotatable bonds is 6. The van der Waals surface area contributed by atoms with Crippen LogP contribution in [-0.2, 0) is 17.8 Å². The van der Waals surface area contributed by atoms with Gasteiger partial charge in [-0.1, -0.05) is 54.6 Å². The summed E-state index contributed by atoms with van der Waals surface area (Å²) in [5.41, 5.74) is 9.42. The number of amides is 1. The zero-order chi connectivity index (χ0) is 16.8. The first-order valence-electron chi connectivity index (χ1n) is 8.90. The van der Waals surface area contributed by atoms with Crippen LogP contribution in [0.2, 0.25) is 0 Å². The summed E-state index contributed by atoms with van der Waals surface area (Å²) in [6.07, 6.45) is 3.96. The molecular weight excluding hydrogens is 332 g/mol. The van der Waals surface area contributed by atoms with Crippen LogP contribution in [0.4, 0.5) is 0 Å². The van der Waals surface area contributed by atoms with Crippen molar-refractivity contribution in [1.29, 1.82) is 0 Å². The number of benzene rings is 2. The van der Waals surface area contributed by atoms with Crippen LogP contribution >= 0.6 is 12.4 Å². The van der Waals surface area contributed by atoms with E-state index in [2.05, 4.69) is 30.3 Å². The Labute approximate surface area is 156 Å². The van der Waals surface area contributed by atoms with Crippen LogP contribution in [0.5, 0.6) is 0 Å². The summed E-state index contributed by atoms with van der Waals surface area (Å²) in [5.74, 6) is 0.246. The lowest BCUT2D eigenvalue weighted by atomic mass is 9.82. The van der Waals surface area contributed by atoms with Crippen LogP contribution in [0.25, 0.3) is 0 Å². The number of hydrogen-bond donors (Lipinski definition) is 1. The minimum Gasteiger partial charge on any atom is -0.338 e. The molecule has 25 heavy (non-hydrogen) atoms. The van der Waals surface area contributed by atoms with E-state index < -0.39 is 0 Å². The van der Waals surface area contributed by atoms with Crippen LogP contribution in [0.1, 0.15) is 41.9 Å². The highest BCUT2D eigenvalue weighted by atomic mass is 35.5. The third-order valence-electron chi connectivity index (χ3n) is 4.83. The fourth-order valence-corrected chi connectivity index (χ4v) is 3.58. The van der Waals surface area contributed by atoms with Crippen molar-refractivity contribution in [2.24, 2.45) is 5.73 Å². The van der Waals surface area contributed by atoms with Crippen LogP contribution in [0.15, 0.2) is 54.6 Å². The van der Waals surface area contributed by atoms with Gasteiger partial charge in [0.25, 0.3) is 0 Å². The first-order valence-corrected chi connectivity index (χ1v) is 8.90. The number of nitrogens with zero attached hydrogens (tertiary/aromatic N) is 1. The van der Waals surface area contributed by atoms with E-state index in [1.54, 1.807) is 0 Å². The highest BCUT2D eigenvalue weighted by Crippen LogP contribution is 2.33. The molecular formula is C21H27ClN2O. The lowest BCUT2D eigenvalue weighted by Gasteiger charge is -2.31. The Morgan fingerprint density at radius 2 is 1.80 bits per heavy atom. The van der Waals surface area contributed by atoms with Gasteiger partial charge in [0.1, 0.15) is 0 Å². The van der Waals surface area contributed by atoms with Gasteiger partial charge >= 0.3 is 0 Å². The largest absolute Gasteiger partial charge is 0.338 e. The molecule has 0 spiro atoms. The van der Waals surface area contributed by atoms with Crippen molar-refractivity contribution in [3.05, 3.63) is 71.3 Å². The smallest absolute Gasteiger partial charge is 0.230 e. The number of hydrogen-bond acceptors (Lipinski definition) is 2. The summed E-state index contributed by atoms with van der Waals surface area (Å²) in [5, 5.41) is 0. The van der Waals surface area contributed by atoms with Gasteiger partial charge in [0.15, 0.2) is 0 Å². The Morgan fingerprint density at radius 1 is 1.08 bits per heavy atom. The minimum absolute atomic E-state index is 0. The number of nitrogens with two attached hydrogens (primary N) is 1. The van der Waals surface area contributed by atoms with Gasteiger partial charge in [-0.25, -0.2) is 0 Å². The number of carbonyl (C=O) groups is 1. The molecule has 3 rings (SSSR count). The second-order valence-electron chi connectivity index (χ2n) is 6.53. The average Bonchev–Trinajstić information content (AvgIpc) is 2.65. The molecule has 3 nitrogen and oxygen atoms in total. The van der Waals surface area contributed by atoms with Gasteiger partial charge in [-0.15, -0.1) is 12.4 Å². The van der Waals surface area contributed by atoms with Crippen LogP contribution < -0.4 is 5.73 Å². The summed E-state index contributed by atoms with van der Waals surface area (Å²) in [6, 6.07) is 18.6. The fourth-order valence-electron chi connectivity index (χ4n) is 3.58. The van der Waals surface area contributed by atoms with Crippen molar-refractivity contribution in [2.45, 2.75) is 38.1 Å². The third-order valence-corrected chi connectivity index (χ3v) is 4.83. The molecule has 1 unspecified atom stereocenters. The van der Waals surface area contributed by atoms with E-state index in [-0.39, 0.29) is 24.2 Å². The molecule has 2 aromatic carbocycles. The van der Waals surface area contributed by atoms with Gasteiger partial charge < -0.3 is 10.6 Å². The van der Waals surface area contributed by atoms with E-state index in [0.717, 1.165) is 32.2 Å². The molecule has 2 N–H and O–H groups in total. The molecule has 1 aliphatic rings. The molecule has 4 heteroatoms. The van der Waals surface area contributed by atoms with E-state index in [1.807, 2.05) is 29.2 Å². The first kappa shape index (κ1) is 19.5. The second kappa shape index (κ2) is 9.59. The van der Waals surface area contributed by atoms with Crippen molar-refractivity contribution in [3.63, 3.8) is 0 Å². The SMILES string of the molecule is Cl.NCCCN(Cc1ccccc1)C(=O)C1CCCc2ccccc21. The van der Waals surface area contributed by atoms with Crippen molar-refractivity contribution in [3.8, 4) is 0 Å². The maximum absolute atomic E-state index is 13.3. The highest BCUT2D eigenvalue weighted by molar-refractivity contribution is 5.85. The molecule has 1 amide bonds. The molecule has 0 heterocycles. The van der Waals surface area contributed by atoms with Crippen LogP contribution in [0, 0.1) is 0 Å². The Hall–Kier alpha value is -1.84. The lowest BCUT2D eigenvalue weighted by molar-refractivity contribution is -0.133. The molecule has 1 atom stereocenters. The fraction of sp³-hybridized carbons (Fsp3) is 0.381. The molecule has 1 aliphatic carbocycles. The molecule has 0 fully saturated rings. The quantitative estimate of drug-likeness (QED) is 0.851. The first-order chi connectivity index (χ1) is 11.8. The molecule has 0 bridgehead atoms. The van der Waals surface area contributed by atoms with E-state index in [1.165, 1.54) is 16.7 Å². The summed E-state index contributed by atoms with van der Waals surface area (Å²) >= 11 is 0. The van der Waals surface area contributed by atoms with Crippen LogP contribution in [0.3, 0.4) is 0 Å². The van der Waals surface area contributed by atoms with Crippen molar-refractivity contribution < 1.29 is 4.79 Å². The Kier molecular flexibility index (Phi) is 7.48. The topological polar surface area (TPSA) is 46.3 Å². The maximum atomic E-state index is 13.3. The maximum Gasteiger partial charge on any atom is 0.230 e. The number of fused-ring (bicyclic) bond motifs is 1. The zero-order valence-electron chi connectivity index (χ0n) is 14.6. The van der Waals surface area contributed by atoms with Gasteiger partial charge in [-0.3, -0.25) is 4.79 Å². The molecule has 0 radical (unpaired) electrons. The van der Waals surface area contributed by atoms with Gasteiger partial charge in [-0.2, -0.15) is 0 Å². The summed E-state index contributed by atoms with van der Waals surface area (Å²) in [4.78, 5) is 15.3.